The van der Waals surface area contributed by atoms with Gasteiger partial charge >= 0.3 is 11.9 Å². The normalized spacial score (nSPS) is 21.8. The molecule has 3 rings (SSSR count). The molecule has 32 heavy (non-hydrogen) atoms. The van der Waals surface area contributed by atoms with Crippen LogP contribution in [0.3, 0.4) is 0 Å². The maximum absolute atomic E-state index is 13.3. The van der Waals surface area contributed by atoms with Crippen molar-refractivity contribution in [2.45, 2.75) is 37.5 Å². The molecule has 1 aliphatic rings. The van der Waals surface area contributed by atoms with Gasteiger partial charge in [0.2, 0.25) is 5.91 Å². The second-order valence-corrected chi connectivity index (χ2v) is 8.13. The summed E-state index contributed by atoms with van der Waals surface area (Å²) in [6.07, 6.45) is 2.73. The first-order chi connectivity index (χ1) is 15.6. The number of methoxy groups -OCH3 is 2. The molecule has 1 N–H and O–H groups in total. The van der Waals surface area contributed by atoms with Crippen molar-refractivity contribution in [3.8, 4) is 0 Å². The van der Waals surface area contributed by atoms with Crippen molar-refractivity contribution in [3.63, 3.8) is 0 Å². The van der Waals surface area contributed by atoms with E-state index in [9.17, 15) is 14.4 Å². The zero-order chi connectivity index (χ0) is 22.9. The Morgan fingerprint density at radius 3 is 1.81 bits per heavy atom. The highest BCUT2D eigenvalue weighted by Gasteiger charge is 2.58. The number of esters is 2. The number of unbranched alkanes of at least 4 members (excludes halogenated alkanes) is 2. The van der Waals surface area contributed by atoms with Crippen LogP contribution in [0.5, 0.6) is 0 Å². The number of carbonyl (C=O) groups excluding carboxylic acids is 3. The number of ether oxygens (including phenoxy) is 2. The monoisotopic (exact) mass is 437 g/mol. The van der Waals surface area contributed by atoms with Crippen molar-refractivity contribution in [1.82, 2.24) is 5.32 Å². The van der Waals surface area contributed by atoms with Crippen LogP contribution in [-0.4, -0.2) is 38.6 Å². The minimum absolute atomic E-state index is 0.0548. The number of hydrogen-bond donors (Lipinski definition) is 1. The maximum atomic E-state index is 13.3. The topological polar surface area (TPSA) is 81.7 Å². The van der Waals surface area contributed by atoms with Gasteiger partial charge in [-0.25, -0.2) is 0 Å². The molecule has 0 heterocycles. The summed E-state index contributed by atoms with van der Waals surface area (Å²) in [7, 11) is 2.78. The highest BCUT2D eigenvalue weighted by molar-refractivity contribution is 5.88. The van der Waals surface area contributed by atoms with Crippen molar-refractivity contribution in [2.75, 3.05) is 20.8 Å². The minimum atomic E-state index is -0.416. The molecule has 2 aromatic rings. The molecule has 6 heteroatoms. The quantitative estimate of drug-likeness (QED) is 0.451. The average Bonchev–Trinajstić information content (AvgIpc) is 2.81. The summed E-state index contributed by atoms with van der Waals surface area (Å²) in [6, 6.07) is 19.4. The van der Waals surface area contributed by atoms with Crippen LogP contribution in [0.15, 0.2) is 60.7 Å². The van der Waals surface area contributed by atoms with Crippen LogP contribution in [0.4, 0.5) is 0 Å². The van der Waals surface area contributed by atoms with E-state index in [1.165, 1.54) is 14.2 Å². The van der Waals surface area contributed by atoms with Gasteiger partial charge in [-0.05, 0) is 24.0 Å². The number of hydrogen-bond acceptors (Lipinski definition) is 5. The maximum Gasteiger partial charge on any atom is 0.309 e. The SMILES string of the molecule is COC(=O)CCCCCNC(=O)C1[C@@H](c2ccccc2)C(C(=O)OC)[C@@H]1c1ccccc1. The molecule has 0 bridgehead atoms. The van der Waals surface area contributed by atoms with Crippen LogP contribution >= 0.6 is 0 Å². The molecule has 0 saturated heterocycles. The Kier molecular flexibility index (Phi) is 8.42. The fourth-order valence-corrected chi connectivity index (χ4v) is 4.69. The molecule has 2 atom stereocenters. The van der Waals surface area contributed by atoms with E-state index in [0.29, 0.717) is 13.0 Å². The summed E-state index contributed by atoms with van der Waals surface area (Å²) in [5.74, 6) is -1.82. The van der Waals surface area contributed by atoms with Gasteiger partial charge in [-0.3, -0.25) is 14.4 Å². The number of amides is 1. The standard InChI is InChI=1S/C26H31NO5/c1-31-20(28)16-10-5-11-17-27-25(29)23-21(18-12-6-3-7-13-18)24(26(30)32-2)22(23)19-14-8-4-9-15-19/h3-4,6-9,12-15,21-24H,5,10-11,16-17H2,1-2H3,(H,27,29)/t21-,22-,23?,24?/m1/s1. The van der Waals surface area contributed by atoms with Crippen molar-refractivity contribution >= 4 is 17.8 Å². The minimum Gasteiger partial charge on any atom is -0.469 e. The van der Waals surface area contributed by atoms with Gasteiger partial charge in [-0.1, -0.05) is 67.1 Å². The molecule has 1 saturated carbocycles. The van der Waals surface area contributed by atoms with Gasteiger partial charge in [-0.15, -0.1) is 0 Å². The van der Waals surface area contributed by atoms with Gasteiger partial charge < -0.3 is 14.8 Å². The largest absolute Gasteiger partial charge is 0.469 e. The highest BCUT2D eigenvalue weighted by Crippen LogP contribution is 2.57. The van der Waals surface area contributed by atoms with Crippen LogP contribution < -0.4 is 5.32 Å². The van der Waals surface area contributed by atoms with Crippen LogP contribution in [0.1, 0.15) is 48.6 Å². The van der Waals surface area contributed by atoms with E-state index < -0.39 is 5.92 Å². The highest BCUT2D eigenvalue weighted by atomic mass is 16.5. The van der Waals surface area contributed by atoms with E-state index in [1.807, 2.05) is 60.7 Å². The van der Waals surface area contributed by atoms with Gasteiger partial charge in [0.25, 0.3) is 0 Å². The van der Waals surface area contributed by atoms with E-state index >= 15 is 0 Å². The summed E-state index contributed by atoms with van der Waals surface area (Å²) in [5.41, 5.74) is 1.93. The molecular weight excluding hydrogens is 406 g/mol. The molecule has 2 aromatic carbocycles. The van der Waals surface area contributed by atoms with Gasteiger partial charge in [0.1, 0.15) is 0 Å². The summed E-state index contributed by atoms with van der Waals surface area (Å²) < 4.78 is 9.78. The summed E-state index contributed by atoms with van der Waals surface area (Å²) in [5, 5.41) is 3.06. The predicted molar refractivity (Wildman–Crippen MR) is 121 cm³/mol. The van der Waals surface area contributed by atoms with Gasteiger partial charge in [-0.2, -0.15) is 0 Å². The van der Waals surface area contributed by atoms with E-state index in [1.54, 1.807) is 0 Å². The third-order valence-corrected chi connectivity index (χ3v) is 6.28. The van der Waals surface area contributed by atoms with Gasteiger partial charge in [0.15, 0.2) is 0 Å². The molecule has 0 radical (unpaired) electrons. The van der Waals surface area contributed by atoms with Crippen molar-refractivity contribution in [2.24, 2.45) is 11.8 Å². The Morgan fingerprint density at radius 2 is 1.31 bits per heavy atom. The molecule has 170 valence electrons. The lowest BCUT2D eigenvalue weighted by molar-refractivity contribution is -0.156. The third kappa shape index (κ3) is 5.36. The molecule has 0 aromatic heterocycles. The van der Waals surface area contributed by atoms with Crippen molar-refractivity contribution in [3.05, 3.63) is 71.8 Å². The zero-order valence-electron chi connectivity index (χ0n) is 18.7. The molecule has 1 amide bonds. The smallest absolute Gasteiger partial charge is 0.309 e. The summed E-state index contributed by atoms with van der Waals surface area (Å²) >= 11 is 0. The van der Waals surface area contributed by atoms with Crippen LogP contribution in [0.2, 0.25) is 0 Å². The fraction of sp³-hybridized carbons (Fsp3) is 0.423. The average molecular weight is 438 g/mol. The van der Waals surface area contributed by atoms with E-state index in [4.69, 9.17) is 4.74 Å². The second kappa shape index (κ2) is 11.5. The van der Waals surface area contributed by atoms with Gasteiger partial charge in [0.05, 0.1) is 26.1 Å². The Bertz CT molecular complexity index is 851. The Labute approximate surface area is 189 Å². The molecule has 0 aliphatic heterocycles. The second-order valence-electron chi connectivity index (χ2n) is 8.13. The lowest BCUT2D eigenvalue weighted by Crippen LogP contribution is -2.54. The number of benzene rings is 2. The third-order valence-electron chi connectivity index (χ3n) is 6.28. The zero-order valence-corrected chi connectivity index (χ0v) is 18.7. The molecule has 1 aliphatic carbocycles. The first-order valence-corrected chi connectivity index (χ1v) is 11.1. The molecule has 6 nitrogen and oxygen atoms in total. The van der Waals surface area contributed by atoms with Crippen LogP contribution in [0.25, 0.3) is 0 Å². The Balaban J connectivity index is 1.74. The summed E-state index contributed by atoms with van der Waals surface area (Å²) in [4.78, 5) is 37.3. The van der Waals surface area contributed by atoms with Crippen molar-refractivity contribution < 1.29 is 23.9 Å². The number of nitrogens with one attached hydrogen (secondary N) is 1. The first kappa shape index (κ1) is 23.5. The van der Waals surface area contributed by atoms with Crippen molar-refractivity contribution in [1.29, 1.82) is 0 Å². The van der Waals surface area contributed by atoms with E-state index in [-0.39, 0.29) is 35.6 Å². The van der Waals surface area contributed by atoms with Gasteiger partial charge in [0, 0.05) is 24.8 Å². The van der Waals surface area contributed by atoms with E-state index in [2.05, 4.69) is 10.1 Å². The number of carbonyl (C=O) groups is 3. The molecular formula is C26H31NO5. The molecule has 0 spiro atoms. The van der Waals surface area contributed by atoms with Crippen LogP contribution in [0, 0.1) is 11.8 Å². The Morgan fingerprint density at radius 1 is 0.750 bits per heavy atom. The Hall–Kier alpha value is -3.15. The fourth-order valence-electron chi connectivity index (χ4n) is 4.69. The van der Waals surface area contributed by atoms with Crippen LogP contribution in [-0.2, 0) is 23.9 Å². The lowest BCUT2D eigenvalue weighted by atomic mass is 9.52. The summed E-state index contributed by atoms with van der Waals surface area (Å²) in [6.45, 7) is 0.530. The molecule has 1 fully saturated rings. The predicted octanol–water partition coefficient (Wildman–Crippen LogP) is 3.82. The lowest BCUT2D eigenvalue weighted by Gasteiger charge is -2.50. The number of rotatable bonds is 10. The first-order valence-electron chi connectivity index (χ1n) is 11.1. The molecule has 0 unspecified atom stereocenters. The van der Waals surface area contributed by atoms with E-state index in [0.717, 1.165) is 30.4 Å².